The molecule has 0 amide bonds. The molecule has 0 bridgehead atoms. The van der Waals surface area contributed by atoms with Gasteiger partial charge in [-0.05, 0) is 26.0 Å². The Balaban J connectivity index is 2.54. The third-order valence-electron chi connectivity index (χ3n) is 3.19. The van der Waals surface area contributed by atoms with Gasteiger partial charge in [0.15, 0.2) is 5.65 Å². The first-order chi connectivity index (χ1) is 9.13. The van der Waals surface area contributed by atoms with Gasteiger partial charge >= 0.3 is 5.97 Å². The molecule has 0 saturated carbocycles. The van der Waals surface area contributed by atoms with E-state index in [0.29, 0.717) is 16.9 Å². The third-order valence-corrected chi connectivity index (χ3v) is 3.19. The van der Waals surface area contributed by atoms with Crippen LogP contribution in [0.5, 0.6) is 0 Å². The minimum absolute atomic E-state index is 0.412. The fourth-order valence-corrected chi connectivity index (χ4v) is 2.37. The Labute approximate surface area is 109 Å². The molecular formula is C14H13N3O2. The lowest BCUT2D eigenvalue weighted by Crippen LogP contribution is -2.11. The van der Waals surface area contributed by atoms with Crippen molar-refractivity contribution in [1.29, 1.82) is 0 Å². The minimum atomic E-state index is -0.412. The Hall–Kier alpha value is -2.43. The largest absolute Gasteiger partial charge is 0.465 e. The lowest BCUT2D eigenvalue weighted by atomic mass is 10.2. The van der Waals surface area contributed by atoms with Crippen molar-refractivity contribution in [2.75, 3.05) is 7.11 Å². The second-order valence-corrected chi connectivity index (χ2v) is 4.37. The molecule has 3 rings (SSSR count). The molecule has 0 fully saturated rings. The van der Waals surface area contributed by atoms with Crippen LogP contribution in [0, 0.1) is 13.8 Å². The van der Waals surface area contributed by atoms with Crippen LogP contribution >= 0.6 is 0 Å². The maximum absolute atomic E-state index is 11.9. The van der Waals surface area contributed by atoms with E-state index in [4.69, 9.17) is 4.74 Å². The van der Waals surface area contributed by atoms with Gasteiger partial charge in [-0.3, -0.25) is 4.40 Å². The van der Waals surface area contributed by atoms with Gasteiger partial charge in [0.1, 0.15) is 11.4 Å². The average Bonchev–Trinajstić information content (AvgIpc) is 2.77. The number of nitrogens with zero attached hydrogens (tertiary/aromatic N) is 3. The number of para-hydroxylation sites is 2. The van der Waals surface area contributed by atoms with Gasteiger partial charge in [-0.2, -0.15) is 0 Å². The van der Waals surface area contributed by atoms with Crippen LogP contribution in [0.3, 0.4) is 0 Å². The number of hydrogen-bond donors (Lipinski definition) is 0. The summed E-state index contributed by atoms with van der Waals surface area (Å²) < 4.78 is 6.71. The zero-order valence-electron chi connectivity index (χ0n) is 11.0. The van der Waals surface area contributed by atoms with Crippen molar-refractivity contribution in [2.45, 2.75) is 13.8 Å². The fraction of sp³-hybridized carbons (Fsp3) is 0.214. The Bertz CT molecular complexity index is 805. The van der Waals surface area contributed by atoms with Crippen LogP contribution in [0.25, 0.3) is 16.7 Å². The maximum Gasteiger partial charge on any atom is 0.343 e. The zero-order chi connectivity index (χ0) is 13.6. The smallest absolute Gasteiger partial charge is 0.343 e. The Morgan fingerprint density at radius 3 is 2.68 bits per heavy atom. The number of ether oxygens (including phenoxy) is 1. The second-order valence-electron chi connectivity index (χ2n) is 4.37. The molecule has 5 nitrogen and oxygen atoms in total. The molecule has 1 aromatic carbocycles. The quantitative estimate of drug-likeness (QED) is 0.626. The van der Waals surface area contributed by atoms with Crippen molar-refractivity contribution < 1.29 is 9.53 Å². The number of aryl methyl sites for hydroxylation is 2. The molecule has 3 aromatic rings. The highest BCUT2D eigenvalue weighted by molar-refractivity contribution is 5.99. The van der Waals surface area contributed by atoms with Crippen LogP contribution in [-0.4, -0.2) is 27.4 Å². The van der Waals surface area contributed by atoms with E-state index >= 15 is 0 Å². The summed E-state index contributed by atoms with van der Waals surface area (Å²) in [6.45, 7) is 3.69. The van der Waals surface area contributed by atoms with Crippen LogP contribution < -0.4 is 0 Å². The molecule has 0 atom stereocenters. The fourth-order valence-electron chi connectivity index (χ4n) is 2.37. The lowest BCUT2D eigenvalue weighted by Gasteiger charge is -2.08. The number of benzene rings is 1. The summed E-state index contributed by atoms with van der Waals surface area (Å²) in [6, 6.07) is 7.73. The van der Waals surface area contributed by atoms with E-state index in [1.165, 1.54) is 7.11 Å². The highest BCUT2D eigenvalue weighted by atomic mass is 16.5. The first-order valence-corrected chi connectivity index (χ1v) is 5.96. The molecule has 2 heterocycles. The molecule has 0 radical (unpaired) electrons. The van der Waals surface area contributed by atoms with Gasteiger partial charge in [0, 0.05) is 0 Å². The van der Waals surface area contributed by atoms with Crippen molar-refractivity contribution >= 4 is 22.6 Å². The first-order valence-electron chi connectivity index (χ1n) is 5.96. The van der Waals surface area contributed by atoms with Gasteiger partial charge in [-0.1, -0.05) is 12.1 Å². The van der Waals surface area contributed by atoms with Crippen molar-refractivity contribution in [3.8, 4) is 0 Å². The van der Waals surface area contributed by atoms with Gasteiger partial charge in [0.05, 0.1) is 23.8 Å². The van der Waals surface area contributed by atoms with Crippen LogP contribution in [0.15, 0.2) is 24.3 Å². The van der Waals surface area contributed by atoms with Gasteiger partial charge < -0.3 is 4.74 Å². The summed E-state index contributed by atoms with van der Waals surface area (Å²) in [4.78, 5) is 20.9. The molecule has 5 heteroatoms. The van der Waals surface area contributed by atoms with E-state index < -0.39 is 5.97 Å². The summed E-state index contributed by atoms with van der Waals surface area (Å²) in [7, 11) is 1.36. The second kappa shape index (κ2) is 4.05. The topological polar surface area (TPSA) is 56.5 Å². The predicted molar refractivity (Wildman–Crippen MR) is 71.3 cm³/mol. The Kier molecular flexibility index (Phi) is 2.48. The number of esters is 1. The van der Waals surface area contributed by atoms with Gasteiger partial charge in [0.25, 0.3) is 0 Å². The highest BCUT2D eigenvalue weighted by Gasteiger charge is 2.20. The molecule has 2 aromatic heterocycles. The van der Waals surface area contributed by atoms with E-state index in [2.05, 4.69) is 9.97 Å². The number of aromatic nitrogens is 3. The number of fused-ring (bicyclic) bond motifs is 3. The molecule has 0 unspecified atom stereocenters. The monoisotopic (exact) mass is 255 g/mol. The molecule has 0 N–H and O–H groups in total. The highest BCUT2D eigenvalue weighted by Crippen LogP contribution is 2.22. The third kappa shape index (κ3) is 1.58. The SMILES string of the molecule is COC(=O)c1c(C)nc(C)n2c1nc1ccccc12. The molecular weight excluding hydrogens is 242 g/mol. The van der Waals surface area contributed by atoms with Crippen LogP contribution in [0.1, 0.15) is 21.9 Å². The van der Waals surface area contributed by atoms with E-state index in [-0.39, 0.29) is 0 Å². The summed E-state index contributed by atoms with van der Waals surface area (Å²) in [5.74, 6) is 0.388. The van der Waals surface area contributed by atoms with E-state index in [9.17, 15) is 4.79 Å². The molecule has 0 aliphatic heterocycles. The van der Waals surface area contributed by atoms with Gasteiger partial charge in [0.2, 0.25) is 0 Å². The molecule has 19 heavy (non-hydrogen) atoms. The lowest BCUT2D eigenvalue weighted by molar-refractivity contribution is 0.0601. The summed E-state index contributed by atoms with van der Waals surface area (Å²) in [5, 5.41) is 0. The minimum Gasteiger partial charge on any atom is -0.465 e. The van der Waals surface area contributed by atoms with E-state index in [1.807, 2.05) is 35.6 Å². The molecule has 96 valence electrons. The van der Waals surface area contributed by atoms with Crippen LogP contribution in [0.4, 0.5) is 0 Å². The predicted octanol–water partition coefficient (Wildman–Crippen LogP) is 2.29. The van der Waals surface area contributed by atoms with Gasteiger partial charge in [-0.25, -0.2) is 14.8 Å². The van der Waals surface area contributed by atoms with Gasteiger partial charge in [-0.15, -0.1) is 0 Å². The first kappa shape index (κ1) is 11.6. The maximum atomic E-state index is 11.9. The van der Waals surface area contributed by atoms with Crippen LogP contribution in [-0.2, 0) is 4.74 Å². The normalized spacial score (nSPS) is 11.1. The molecule has 0 aliphatic carbocycles. The van der Waals surface area contributed by atoms with Crippen molar-refractivity contribution in [2.24, 2.45) is 0 Å². The number of imidazole rings is 1. The number of carbonyl (C=O) groups is 1. The average molecular weight is 255 g/mol. The molecule has 0 spiro atoms. The number of rotatable bonds is 1. The standard InChI is InChI=1S/C14H13N3O2/c1-8-12(14(18)19-3)13-16-10-6-4-5-7-11(10)17(13)9(2)15-8/h4-7H,1-3H3. The van der Waals surface area contributed by atoms with Crippen molar-refractivity contribution in [3.05, 3.63) is 41.3 Å². The van der Waals surface area contributed by atoms with E-state index in [1.54, 1.807) is 6.92 Å². The summed E-state index contributed by atoms with van der Waals surface area (Å²) in [6.07, 6.45) is 0. The van der Waals surface area contributed by atoms with Crippen molar-refractivity contribution in [3.63, 3.8) is 0 Å². The summed E-state index contributed by atoms with van der Waals surface area (Å²) in [5.41, 5.74) is 3.42. The zero-order valence-corrected chi connectivity index (χ0v) is 11.0. The Morgan fingerprint density at radius 2 is 1.95 bits per heavy atom. The summed E-state index contributed by atoms with van der Waals surface area (Å²) >= 11 is 0. The van der Waals surface area contributed by atoms with Crippen molar-refractivity contribution in [1.82, 2.24) is 14.4 Å². The number of carbonyl (C=O) groups excluding carboxylic acids is 1. The molecule has 0 saturated heterocycles. The number of hydrogen-bond acceptors (Lipinski definition) is 4. The van der Waals surface area contributed by atoms with E-state index in [0.717, 1.165) is 16.9 Å². The molecule has 0 aliphatic rings. The Morgan fingerprint density at radius 1 is 1.21 bits per heavy atom. The number of methoxy groups -OCH3 is 1. The van der Waals surface area contributed by atoms with Crippen LogP contribution in [0.2, 0.25) is 0 Å².